The summed E-state index contributed by atoms with van der Waals surface area (Å²) in [5.74, 6) is 6.79. The summed E-state index contributed by atoms with van der Waals surface area (Å²) < 4.78 is 5.53. The van der Waals surface area contributed by atoms with Gasteiger partial charge >= 0.3 is 0 Å². The normalized spacial score (nSPS) is 18.2. The fourth-order valence-electron chi connectivity index (χ4n) is 3.23. The van der Waals surface area contributed by atoms with Crippen molar-refractivity contribution in [3.63, 3.8) is 0 Å². The molecule has 0 amide bonds. The van der Waals surface area contributed by atoms with Crippen molar-refractivity contribution in [2.75, 3.05) is 20.2 Å². The van der Waals surface area contributed by atoms with Crippen LogP contribution in [0.1, 0.15) is 43.9 Å². The maximum Gasteiger partial charge on any atom is 0.123 e. The van der Waals surface area contributed by atoms with Crippen molar-refractivity contribution < 1.29 is 4.74 Å². The van der Waals surface area contributed by atoms with E-state index in [9.17, 15) is 0 Å². The van der Waals surface area contributed by atoms with E-state index in [1.165, 1.54) is 18.4 Å². The van der Waals surface area contributed by atoms with E-state index in [4.69, 9.17) is 10.6 Å². The zero-order valence-corrected chi connectivity index (χ0v) is 13.1. The zero-order chi connectivity index (χ0) is 14.8. The number of nitrogens with two attached hydrogens (primary N) is 1. The van der Waals surface area contributed by atoms with Crippen molar-refractivity contribution in [1.29, 1.82) is 0 Å². The molecule has 1 saturated heterocycles. The first kappa shape index (κ1) is 15.3. The molecule has 0 spiro atoms. The molecule has 0 aliphatic carbocycles. The summed E-state index contributed by atoms with van der Waals surface area (Å²) in [6.07, 6.45) is 2.54. The summed E-state index contributed by atoms with van der Waals surface area (Å²) in [6.45, 7) is 8.88. The number of nitrogens with one attached hydrogen (secondary N) is 1. The minimum Gasteiger partial charge on any atom is -0.496 e. The number of nitrogens with zero attached hydrogens (tertiary/aromatic N) is 1. The molecule has 20 heavy (non-hydrogen) atoms. The molecular formula is C16H27N3O. The SMILES string of the molecule is COc1ccc(C)cc1C(NN)C(C)(C)N1CCCC1. The molecule has 0 aromatic heterocycles. The largest absolute Gasteiger partial charge is 0.496 e. The van der Waals surface area contributed by atoms with E-state index in [0.717, 1.165) is 24.4 Å². The van der Waals surface area contributed by atoms with E-state index < -0.39 is 0 Å². The lowest BCUT2D eigenvalue weighted by atomic mass is 9.86. The molecule has 0 radical (unpaired) electrons. The molecule has 2 rings (SSSR count). The van der Waals surface area contributed by atoms with Gasteiger partial charge < -0.3 is 4.74 Å². The molecule has 3 N–H and O–H groups in total. The van der Waals surface area contributed by atoms with E-state index in [1.54, 1.807) is 7.11 Å². The van der Waals surface area contributed by atoms with Gasteiger partial charge in [0.1, 0.15) is 5.75 Å². The molecule has 1 aliphatic heterocycles. The third kappa shape index (κ3) is 2.82. The van der Waals surface area contributed by atoms with Gasteiger partial charge in [0.25, 0.3) is 0 Å². The van der Waals surface area contributed by atoms with Crippen molar-refractivity contribution >= 4 is 0 Å². The van der Waals surface area contributed by atoms with Gasteiger partial charge in [0.2, 0.25) is 0 Å². The third-order valence-corrected chi connectivity index (χ3v) is 4.49. The number of rotatable bonds is 5. The molecule has 1 fully saturated rings. The van der Waals surface area contributed by atoms with Crippen molar-refractivity contribution in [2.45, 2.75) is 45.2 Å². The van der Waals surface area contributed by atoms with E-state index in [2.05, 4.69) is 43.2 Å². The number of hydrazine groups is 1. The Balaban J connectivity index is 2.38. The lowest BCUT2D eigenvalue weighted by Gasteiger charge is -2.42. The molecule has 1 aromatic rings. The first-order valence-electron chi connectivity index (χ1n) is 7.36. The highest BCUT2D eigenvalue weighted by Crippen LogP contribution is 2.37. The average molecular weight is 277 g/mol. The van der Waals surface area contributed by atoms with Gasteiger partial charge in [-0.2, -0.15) is 0 Å². The van der Waals surface area contributed by atoms with Gasteiger partial charge in [0, 0.05) is 11.1 Å². The molecule has 1 unspecified atom stereocenters. The Bertz CT molecular complexity index is 453. The van der Waals surface area contributed by atoms with Gasteiger partial charge in [-0.1, -0.05) is 17.7 Å². The number of likely N-dealkylation sites (tertiary alicyclic amines) is 1. The molecule has 0 saturated carbocycles. The summed E-state index contributed by atoms with van der Waals surface area (Å²) in [6, 6.07) is 6.30. The maximum atomic E-state index is 5.90. The minimum absolute atomic E-state index is 0.0375. The second-order valence-corrected chi connectivity index (χ2v) is 6.19. The Morgan fingerprint density at radius 2 is 1.95 bits per heavy atom. The standard InChI is InChI=1S/C16H27N3O/c1-12-7-8-14(20-4)13(11-12)15(18-17)16(2,3)19-9-5-6-10-19/h7-8,11,15,18H,5-6,9-10,17H2,1-4H3. The second kappa shape index (κ2) is 6.12. The molecule has 4 nitrogen and oxygen atoms in total. The van der Waals surface area contributed by atoms with Crippen LogP contribution in [-0.4, -0.2) is 30.6 Å². The van der Waals surface area contributed by atoms with E-state index >= 15 is 0 Å². The number of methoxy groups -OCH3 is 1. The summed E-state index contributed by atoms with van der Waals surface area (Å²) in [7, 11) is 1.71. The fraction of sp³-hybridized carbons (Fsp3) is 0.625. The summed E-state index contributed by atoms with van der Waals surface area (Å²) in [4.78, 5) is 2.51. The topological polar surface area (TPSA) is 50.5 Å². The Labute approximate surface area is 122 Å². The average Bonchev–Trinajstić information content (AvgIpc) is 2.94. The highest BCUT2D eigenvalue weighted by Gasteiger charge is 2.38. The predicted molar refractivity (Wildman–Crippen MR) is 82.7 cm³/mol. The molecule has 4 heteroatoms. The van der Waals surface area contributed by atoms with E-state index in [1.807, 2.05) is 6.07 Å². The van der Waals surface area contributed by atoms with E-state index in [0.29, 0.717) is 0 Å². The molecule has 1 atom stereocenters. The summed E-state index contributed by atoms with van der Waals surface area (Å²) in [5, 5.41) is 0. The van der Waals surface area contributed by atoms with Crippen LogP contribution in [0.2, 0.25) is 0 Å². The summed E-state index contributed by atoms with van der Waals surface area (Å²) >= 11 is 0. The second-order valence-electron chi connectivity index (χ2n) is 6.19. The highest BCUT2D eigenvalue weighted by molar-refractivity contribution is 5.40. The van der Waals surface area contributed by atoms with E-state index in [-0.39, 0.29) is 11.6 Å². The van der Waals surface area contributed by atoms with Gasteiger partial charge in [0.05, 0.1) is 13.2 Å². The maximum absolute atomic E-state index is 5.90. The molecule has 112 valence electrons. The van der Waals surface area contributed by atoms with Gasteiger partial charge in [0.15, 0.2) is 0 Å². The van der Waals surface area contributed by atoms with Crippen LogP contribution in [0.25, 0.3) is 0 Å². The van der Waals surface area contributed by atoms with Crippen molar-refractivity contribution in [3.05, 3.63) is 29.3 Å². The van der Waals surface area contributed by atoms with Crippen LogP contribution in [0.15, 0.2) is 18.2 Å². The van der Waals surface area contributed by atoms with Crippen molar-refractivity contribution in [1.82, 2.24) is 10.3 Å². The lowest BCUT2D eigenvalue weighted by molar-refractivity contribution is 0.105. The monoisotopic (exact) mass is 277 g/mol. The zero-order valence-electron chi connectivity index (χ0n) is 13.1. The third-order valence-electron chi connectivity index (χ3n) is 4.49. The van der Waals surface area contributed by atoms with Crippen LogP contribution in [0.4, 0.5) is 0 Å². The van der Waals surface area contributed by atoms with Crippen LogP contribution >= 0.6 is 0 Å². The van der Waals surface area contributed by atoms with Gasteiger partial charge in [-0.3, -0.25) is 16.2 Å². The van der Waals surface area contributed by atoms with Crippen LogP contribution < -0.4 is 16.0 Å². The Morgan fingerprint density at radius 1 is 1.30 bits per heavy atom. The Morgan fingerprint density at radius 3 is 2.50 bits per heavy atom. The number of ether oxygens (including phenoxy) is 1. The smallest absolute Gasteiger partial charge is 0.123 e. The highest BCUT2D eigenvalue weighted by atomic mass is 16.5. The van der Waals surface area contributed by atoms with Crippen molar-refractivity contribution in [2.24, 2.45) is 5.84 Å². The molecular weight excluding hydrogens is 250 g/mol. The quantitative estimate of drug-likeness (QED) is 0.641. The van der Waals surface area contributed by atoms with Crippen LogP contribution in [0.5, 0.6) is 5.75 Å². The number of hydrogen-bond donors (Lipinski definition) is 2. The van der Waals surface area contributed by atoms with Gasteiger partial charge in [-0.25, -0.2) is 0 Å². The minimum atomic E-state index is -0.0493. The lowest BCUT2D eigenvalue weighted by Crippen LogP contribution is -2.53. The van der Waals surface area contributed by atoms with Crippen LogP contribution in [0, 0.1) is 6.92 Å². The molecule has 1 heterocycles. The summed E-state index contributed by atoms with van der Waals surface area (Å²) in [5.41, 5.74) is 5.32. The fourth-order valence-corrected chi connectivity index (χ4v) is 3.23. The van der Waals surface area contributed by atoms with Crippen molar-refractivity contribution in [3.8, 4) is 5.75 Å². The molecule has 1 aromatic carbocycles. The molecule has 1 aliphatic rings. The predicted octanol–water partition coefficient (Wildman–Crippen LogP) is 2.38. The van der Waals surface area contributed by atoms with Crippen LogP contribution in [-0.2, 0) is 0 Å². The van der Waals surface area contributed by atoms with Crippen LogP contribution in [0.3, 0.4) is 0 Å². The first-order valence-corrected chi connectivity index (χ1v) is 7.36. The number of hydrogen-bond acceptors (Lipinski definition) is 4. The van der Waals surface area contributed by atoms with Gasteiger partial charge in [-0.05, 0) is 52.8 Å². The van der Waals surface area contributed by atoms with Gasteiger partial charge in [-0.15, -0.1) is 0 Å². The number of aryl methyl sites for hydroxylation is 1. The number of benzene rings is 1. The molecule has 0 bridgehead atoms. The first-order chi connectivity index (χ1) is 9.50. The Hall–Kier alpha value is -1.10. The Kier molecular flexibility index (Phi) is 4.68.